The van der Waals surface area contributed by atoms with E-state index < -0.39 is 0 Å². The Kier molecular flexibility index (Phi) is 5.45. The summed E-state index contributed by atoms with van der Waals surface area (Å²) in [5, 5.41) is 12.7. The van der Waals surface area contributed by atoms with Crippen molar-refractivity contribution in [2.24, 2.45) is 0 Å². The summed E-state index contributed by atoms with van der Waals surface area (Å²) in [6, 6.07) is 7.87. The molecule has 0 atom stereocenters. The van der Waals surface area contributed by atoms with Crippen molar-refractivity contribution in [3.63, 3.8) is 0 Å². The minimum Gasteiger partial charge on any atom is -0.369 e. The predicted octanol–water partition coefficient (Wildman–Crippen LogP) is 2.28. The average molecular weight is 288 g/mol. The van der Waals surface area contributed by atoms with E-state index in [1.807, 2.05) is 24.3 Å². The van der Waals surface area contributed by atoms with Gasteiger partial charge in [-0.25, -0.2) is 15.4 Å². The molecular weight excluding hydrogens is 268 g/mol. The number of nitrogens with one attached hydrogen (secondary N) is 2. The topological polar surface area (TPSA) is 87.1 Å². The van der Waals surface area contributed by atoms with E-state index in [4.69, 9.17) is 5.21 Å². The third-order valence-corrected chi connectivity index (χ3v) is 3.12. The van der Waals surface area contributed by atoms with Gasteiger partial charge in [-0.05, 0) is 25.0 Å². The molecule has 0 spiro atoms. The summed E-state index contributed by atoms with van der Waals surface area (Å²) in [6.45, 7) is 2.71. The molecule has 1 aromatic heterocycles. The summed E-state index contributed by atoms with van der Waals surface area (Å²) in [5.41, 5.74) is 2.55. The van der Waals surface area contributed by atoms with Crippen LogP contribution in [0.4, 0.5) is 5.82 Å². The number of para-hydroxylation sites is 1. The van der Waals surface area contributed by atoms with Gasteiger partial charge in [-0.15, -0.1) is 0 Å². The molecule has 0 aliphatic rings. The Morgan fingerprint density at radius 2 is 2.10 bits per heavy atom. The number of aromatic nitrogens is 2. The zero-order valence-electron chi connectivity index (χ0n) is 12.1. The highest BCUT2D eigenvalue weighted by molar-refractivity contribution is 5.89. The molecule has 0 unspecified atom stereocenters. The molecule has 1 amide bonds. The molecule has 0 aliphatic heterocycles. The Labute approximate surface area is 123 Å². The second-order valence-corrected chi connectivity index (χ2v) is 4.82. The molecule has 1 heterocycles. The van der Waals surface area contributed by atoms with Gasteiger partial charge in [0.2, 0.25) is 5.91 Å². The van der Waals surface area contributed by atoms with Crippen molar-refractivity contribution in [1.82, 2.24) is 15.4 Å². The highest BCUT2D eigenvalue weighted by atomic mass is 16.5. The first kappa shape index (κ1) is 15.2. The molecule has 21 heavy (non-hydrogen) atoms. The van der Waals surface area contributed by atoms with Gasteiger partial charge in [-0.2, -0.15) is 0 Å². The first-order valence-electron chi connectivity index (χ1n) is 7.17. The van der Waals surface area contributed by atoms with E-state index in [-0.39, 0.29) is 12.3 Å². The van der Waals surface area contributed by atoms with Crippen molar-refractivity contribution < 1.29 is 10.0 Å². The van der Waals surface area contributed by atoms with E-state index in [1.54, 1.807) is 5.48 Å². The molecule has 2 aromatic rings. The van der Waals surface area contributed by atoms with Crippen LogP contribution < -0.4 is 10.8 Å². The summed E-state index contributed by atoms with van der Waals surface area (Å²) in [5.74, 6) is 1.25. The Balaban J connectivity index is 2.11. The van der Waals surface area contributed by atoms with Gasteiger partial charge in [0.15, 0.2) is 0 Å². The van der Waals surface area contributed by atoms with Crippen LogP contribution in [-0.2, 0) is 11.2 Å². The number of hydroxylamine groups is 1. The molecule has 1 aromatic carbocycles. The van der Waals surface area contributed by atoms with Gasteiger partial charge in [-0.1, -0.05) is 19.1 Å². The largest absolute Gasteiger partial charge is 0.369 e. The maximum absolute atomic E-state index is 11.0. The van der Waals surface area contributed by atoms with Crippen LogP contribution in [0, 0.1) is 0 Å². The molecule has 0 fully saturated rings. The number of rotatable bonds is 7. The number of fused-ring (bicyclic) bond motifs is 1. The van der Waals surface area contributed by atoms with Gasteiger partial charge in [0, 0.05) is 24.8 Å². The van der Waals surface area contributed by atoms with Gasteiger partial charge in [0.1, 0.15) is 11.6 Å². The summed E-state index contributed by atoms with van der Waals surface area (Å²) < 4.78 is 0. The Bertz CT molecular complexity index is 616. The highest BCUT2D eigenvalue weighted by Gasteiger charge is 2.07. The number of benzene rings is 1. The zero-order valence-corrected chi connectivity index (χ0v) is 12.1. The minimum absolute atomic E-state index is 0.272. The molecule has 112 valence electrons. The van der Waals surface area contributed by atoms with Gasteiger partial charge in [-0.3, -0.25) is 10.0 Å². The first-order chi connectivity index (χ1) is 10.2. The SMILES string of the molecule is CCCc1nc(NCCCC(=O)NO)c2ccccc2n1. The van der Waals surface area contributed by atoms with Crippen LogP contribution in [0.3, 0.4) is 0 Å². The van der Waals surface area contributed by atoms with Crippen molar-refractivity contribution in [3.05, 3.63) is 30.1 Å². The zero-order chi connectivity index (χ0) is 15.1. The third kappa shape index (κ3) is 4.13. The summed E-state index contributed by atoms with van der Waals surface area (Å²) in [7, 11) is 0. The number of hydrogen-bond donors (Lipinski definition) is 3. The highest BCUT2D eigenvalue weighted by Crippen LogP contribution is 2.20. The Morgan fingerprint density at radius 3 is 2.86 bits per heavy atom. The van der Waals surface area contributed by atoms with Crippen LogP contribution in [-0.4, -0.2) is 27.6 Å². The minimum atomic E-state index is -0.379. The maximum atomic E-state index is 11.0. The van der Waals surface area contributed by atoms with Crippen molar-refractivity contribution in [3.8, 4) is 0 Å². The third-order valence-electron chi connectivity index (χ3n) is 3.12. The molecule has 0 saturated carbocycles. The van der Waals surface area contributed by atoms with Crippen LogP contribution in [0.15, 0.2) is 24.3 Å². The Morgan fingerprint density at radius 1 is 1.29 bits per heavy atom. The van der Waals surface area contributed by atoms with E-state index in [0.29, 0.717) is 13.0 Å². The van der Waals surface area contributed by atoms with Gasteiger partial charge < -0.3 is 5.32 Å². The fraction of sp³-hybridized carbons (Fsp3) is 0.400. The lowest BCUT2D eigenvalue weighted by Crippen LogP contribution is -2.19. The van der Waals surface area contributed by atoms with E-state index >= 15 is 0 Å². The maximum Gasteiger partial charge on any atom is 0.243 e. The quantitative estimate of drug-likeness (QED) is 0.413. The van der Waals surface area contributed by atoms with E-state index in [9.17, 15) is 4.79 Å². The van der Waals surface area contributed by atoms with Crippen LogP contribution in [0.5, 0.6) is 0 Å². The number of nitrogens with zero attached hydrogens (tertiary/aromatic N) is 2. The normalized spacial score (nSPS) is 10.6. The summed E-state index contributed by atoms with van der Waals surface area (Å²) in [4.78, 5) is 20.1. The second-order valence-electron chi connectivity index (χ2n) is 4.82. The van der Waals surface area contributed by atoms with Crippen LogP contribution in [0.1, 0.15) is 32.0 Å². The average Bonchev–Trinajstić information content (AvgIpc) is 2.51. The summed E-state index contributed by atoms with van der Waals surface area (Å²) in [6.07, 6.45) is 2.73. The monoisotopic (exact) mass is 288 g/mol. The molecule has 6 nitrogen and oxygen atoms in total. The van der Waals surface area contributed by atoms with Gasteiger partial charge >= 0.3 is 0 Å². The lowest BCUT2D eigenvalue weighted by molar-refractivity contribution is -0.129. The molecule has 0 bridgehead atoms. The molecule has 0 saturated heterocycles. The lowest BCUT2D eigenvalue weighted by atomic mass is 10.2. The van der Waals surface area contributed by atoms with Crippen molar-refractivity contribution in [2.45, 2.75) is 32.6 Å². The van der Waals surface area contributed by atoms with E-state index in [1.165, 1.54) is 0 Å². The smallest absolute Gasteiger partial charge is 0.243 e. The number of carbonyl (C=O) groups is 1. The molecule has 6 heteroatoms. The molecular formula is C15H20N4O2. The number of anilines is 1. The number of amides is 1. The fourth-order valence-electron chi connectivity index (χ4n) is 2.11. The van der Waals surface area contributed by atoms with Crippen molar-refractivity contribution >= 4 is 22.6 Å². The number of aryl methyl sites for hydroxylation is 1. The van der Waals surface area contributed by atoms with Crippen LogP contribution in [0.25, 0.3) is 10.9 Å². The number of hydrogen-bond acceptors (Lipinski definition) is 5. The van der Waals surface area contributed by atoms with E-state index in [2.05, 4.69) is 22.2 Å². The van der Waals surface area contributed by atoms with Crippen molar-refractivity contribution in [2.75, 3.05) is 11.9 Å². The summed E-state index contributed by atoms with van der Waals surface area (Å²) >= 11 is 0. The first-order valence-corrected chi connectivity index (χ1v) is 7.17. The molecule has 0 radical (unpaired) electrons. The second kappa shape index (κ2) is 7.54. The predicted molar refractivity (Wildman–Crippen MR) is 81.2 cm³/mol. The molecule has 2 rings (SSSR count). The molecule has 3 N–H and O–H groups in total. The van der Waals surface area contributed by atoms with Crippen LogP contribution in [0.2, 0.25) is 0 Å². The Hall–Kier alpha value is -2.21. The number of carbonyl (C=O) groups excluding carboxylic acids is 1. The van der Waals surface area contributed by atoms with Crippen molar-refractivity contribution in [1.29, 1.82) is 0 Å². The lowest BCUT2D eigenvalue weighted by Gasteiger charge is -2.10. The van der Waals surface area contributed by atoms with Gasteiger partial charge in [0.25, 0.3) is 0 Å². The van der Waals surface area contributed by atoms with E-state index in [0.717, 1.165) is 35.4 Å². The molecule has 0 aliphatic carbocycles. The standard InChI is InChI=1S/C15H20N4O2/c1-2-6-13-17-12-8-4-3-7-11(12)15(18-13)16-10-5-9-14(20)19-21/h3-4,7-8,21H,2,5-6,9-10H2,1H3,(H,19,20)(H,16,17,18). The van der Waals surface area contributed by atoms with Crippen LogP contribution >= 0.6 is 0 Å². The fourth-order valence-corrected chi connectivity index (χ4v) is 2.11. The van der Waals surface area contributed by atoms with Gasteiger partial charge in [0.05, 0.1) is 5.52 Å².